The minimum absolute atomic E-state index is 0.0351. The molecule has 1 aliphatic rings. The highest BCUT2D eigenvalue weighted by Crippen LogP contribution is 2.38. The van der Waals surface area contributed by atoms with Gasteiger partial charge < -0.3 is 10.6 Å². The predicted octanol–water partition coefficient (Wildman–Crippen LogP) is 2.54. The van der Waals surface area contributed by atoms with Gasteiger partial charge in [0.15, 0.2) is 5.57 Å². The Morgan fingerprint density at radius 3 is 2.50 bits per heavy atom. The average molecular weight is 291 g/mol. The van der Waals surface area contributed by atoms with Crippen LogP contribution in [0.5, 0.6) is 0 Å². The minimum atomic E-state index is -0.334. The molecule has 1 aromatic rings. The summed E-state index contributed by atoms with van der Waals surface area (Å²) in [6.45, 7) is 3.93. The largest absolute Gasteiger partial charge is 0.345 e. The Bertz CT molecular complexity index is 783. The summed E-state index contributed by atoms with van der Waals surface area (Å²) >= 11 is 0. The molecule has 0 spiro atoms. The first-order chi connectivity index (χ1) is 10.4. The summed E-state index contributed by atoms with van der Waals surface area (Å²) in [5.41, 5.74) is 1.55. The van der Waals surface area contributed by atoms with E-state index in [0.29, 0.717) is 12.1 Å². The van der Waals surface area contributed by atoms with E-state index < -0.39 is 0 Å². The van der Waals surface area contributed by atoms with E-state index in [9.17, 15) is 4.79 Å². The van der Waals surface area contributed by atoms with E-state index in [1.165, 1.54) is 0 Å². The normalized spacial score (nSPS) is 14.4. The topological polar surface area (TPSA) is 112 Å². The molecule has 0 unspecified atom stereocenters. The van der Waals surface area contributed by atoms with Gasteiger partial charge in [-0.15, -0.1) is 0 Å². The van der Waals surface area contributed by atoms with Crippen LogP contribution in [0.1, 0.15) is 25.8 Å². The molecule has 2 rings (SSSR count). The number of hydrogen-bond donors (Lipinski definition) is 2. The third-order valence-electron chi connectivity index (χ3n) is 3.48. The van der Waals surface area contributed by atoms with Gasteiger partial charge in [-0.3, -0.25) is 4.79 Å². The lowest BCUT2D eigenvalue weighted by atomic mass is 9.78. The van der Waals surface area contributed by atoms with Crippen LogP contribution in [0.4, 0.5) is 11.4 Å². The molecule has 1 aromatic carbocycles. The molecule has 0 bridgehead atoms. The molecule has 0 atom stereocenters. The van der Waals surface area contributed by atoms with Gasteiger partial charge in [-0.25, -0.2) is 0 Å². The Kier molecular flexibility index (Phi) is 3.84. The Hall–Kier alpha value is -3.30. The van der Waals surface area contributed by atoms with Crippen molar-refractivity contribution in [2.75, 3.05) is 10.6 Å². The Morgan fingerprint density at radius 1 is 1.23 bits per heavy atom. The predicted molar refractivity (Wildman–Crippen MR) is 80.2 cm³/mol. The van der Waals surface area contributed by atoms with Crippen molar-refractivity contribution in [1.29, 1.82) is 15.8 Å². The fraction of sp³-hybridized carbons (Fsp3) is 0.250. The van der Waals surface area contributed by atoms with Gasteiger partial charge in [-0.1, -0.05) is 13.8 Å². The third kappa shape index (κ3) is 2.75. The van der Waals surface area contributed by atoms with Crippen LogP contribution in [-0.4, -0.2) is 5.91 Å². The maximum Gasteiger partial charge on any atom is 0.225 e. The molecule has 0 aliphatic carbocycles. The Labute approximate surface area is 128 Å². The molecule has 0 saturated heterocycles. The van der Waals surface area contributed by atoms with Gasteiger partial charge in [0, 0.05) is 23.2 Å². The summed E-state index contributed by atoms with van der Waals surface area (Å²) in [6, 6.07) is 10.4. The number of fused-ring (bicyclic) bond motifs is 1. The Morgan fingerprint density at radius 2 is 1.91 bits per heavy atom. The fourth-order valence-electron chi connectivity index (χ4n) is 2.41. The second-order valence-corrected chi connectivity index (χ2v) is 5.58. The van der Waals surface area contributed by atoms with E-state index in [-0.39, 0.29) is 22.6 Å². The molecule has 1 heterocycles. The lowest BCUT2D eigenvalue weighted by Gasteiger charge is -2.32. The van der Waals surface area contributed by atoms with Gasteiger partial charge in [-0.2, -0.15) is 15.8 Å². The number of rotatable bonds is 2. The number of carbonyl (C=O) groups excluding carboxylic acids is 1. The first-order valence-electron chi connectivity index (χ1n) is 6.57. The molecule has 6 heteroatoms. The molecule has 1 aliphatic heterocycles. The van der Waals surface area contributed by atoms with E-state index in [1.54, 1.807) is 24.3 Å². The molecule has 0 fully saturated rings. The number of nitrogens with zero attached hydrogens (tertiary/aromatic N) is 3. The lowest BCUT2D eigenvalue weighted by molar-refractivity contribution is -0.117. The SMILES string of the molecule is CC1(C)CC(=O)Nc2ccc(NC(C#N)=C(C#N)C#N)cc21. The van der Waals surface area contributed by atoms with Gasteiger partial charge in [-0.05, 0) is 23.8 Å². The van der Waals surface area contributed by atoms with Crippen LogP contribution in [0.2, 0.25) is 0 Å². The van der Waals surface area contributed by atoms with Crippen LogP contribution < -0.4 is 10.6 Å². The molecule has 108 valence electrons. The zero-order chi connectivity index (χ0) is 16.3. The monoisotopic (exact) mass is 291 g/mol. The number of carbonyl (C=O) groups is 1. The summed E-state index contributed by atoms with van der Waals surface area (Å²) in [4.78, 5) is 11.7. The maximum absolute atomic E-state index is 11.7. The number of nitriles is 3. The Balaban J connectivity index is 2.44. The van der Waals surface area contributed by atoms with Crippen LogP contribution >= 0.6 is 0 Å². The molecule has 0 radical (unpaired) electrons. The highest BCUT2D eigenvalue weighted by molar-refractivity contribution is 5.95. The first-order valence-corrected chi connectivity index (χ1v) is 6.57. The van der Waals surface area contributed by atoms with Crippen LogP contribution in [0.25, 0.3) is 0 Å². The smallest absolute Gasteiger partial charge is 0.225 e. The van der Waals surface area contributed by atoms with E-state index in [1.807, 2.05) is 26.0 Å². The van der Waals surface area contributed by atoms with Crippen molar-refractivity contribution in [3.05, 3.63) is 35.0 Å². The number of nitrogens with one attached hydrogen (secondary N) is 2. The summed E-state index contributed by atoms with van der Waals surface area (Å²) in [5.74, 6) is -0.0351. The molecule has 1 amide bonds. The summed E-state index contributed by atoms with van der Waals surface area (Å²) in [7, 11) is 0. The van der Waals surface area contributed by atoms with E-state index in [4.69, 9.17) is 15.8 Å². The summed E-state index contributed by atoms with van der Waals surface area (Å²) < 4.78 is 0. The molecule has 22 heavy (non-hydrogen) atoms. The molecule has 0 saturated carbocycles. The average Bonchev–Trinajstić information content (AvgIpc) is 2.47. The van der Waals surface area contributed by atoms with Crippen LogP contribution in [-0.2, 0) is 10.2 Å². The fourth-order valence-corrected chi connectivity index (χ4v) is 2.41. The second kappa shape index (κ2) is 5.60. The molecule has 2 N–H and O–H groups in total. The number of anilines is 2. The number of allylic oxidation sites excluding steroid dienone is 2. The van der Waals surface area contributed by atoms with E-state index in [0.717, 1.165) is 11.3 Å². The minimum Gasteiger partial charge on any atom is -0.345 e. The van der Waals surface area contributed by atoms with Crippen molar-refractivity contribution in [3.8, 4) is 18.2 Å². The van der Waals surface area contributed by atoms with Gasteiger partial charge in [0.1, 0.15) is 23.9 Å². The molecular weight excluding hydrogens is 278 g/mol. The highest BCUT2D eigenvalue weighted by Gasteiger charge is 2.32. The highest BCUT2D eigenvalue weighted by atomic mass is 16.1. The zero-order valence-corrected chi connectivity index (χ0v) is 12.2. The first kappa shape index (κ1) is 15.1. The van der Waals surface area contributed by atoms with E-state index >= 15 is 0 Å². The van der Waals surface area contributed by atoms with Crippen LogP contribution in [0.15, 0.2) is 29.5 Å². The van der Waals surface area contributed by atoms with Gasteiger partial charge in [0.2, 0.25) is 5.91 Å². The van der Waals surface area contributed by atoms with Crippen molar-refractivity contribution in [2.24, 2.45) is 0 Å². The van der Waals surface area contributed by atoms with Crippen LogP contribution in [0.3, 0.4) is 0 Å². The van der Waals surface area contributed by atoms with Crippen LogP contribution in [0, 0.1) is 34.0 Å². The molecule has 0 aromatic heterocycles. The van der Waals surface area contributed by atoms with Gasteiger partial charge >= 0.3 is 0 Å². The summed E-state index contributed by atoms with van der Waals surface area (Å²) in [5, 5.41) is 32.3. The number of hydrogen-bond acceptors (Lipinski definition) is 5. The summed E-state index contributed by atoms with van der Waals surface area (Å²) in [6.07, 6.45) is 0.367. The van der Waals surface area contributed by atoms with Gasteiger partial charge in [0.25, 0.3) is 0 Å². The third-order valence-corrected chi connectivity index (χ3v) is 3.48. The zero-order valence-electron chi connectivity index (χ0n) is 12.2. The molecular formula is C16H13N5O. The number of benzene rings is 1. The van der Waals surface area contributed by atoms with Crippen molar-refractivity contribution in [1.82, 2.24) is 0 Å². The van der Waals surface area contributed by atoms with E-state index in [2.05, 4.69) is 10.6 Å². The lowest BCUT2D eigenvalue weighted by Crippen LogP contribution is -2.32. The quantitative estimate of drug-likeness (QED) is 0.813. The molecule has 6 nitrogen and oxygen atoms in total. The van der Waals surface area contributed by atoms with Crippen molar-refractivity contribution in [2.45, 2.75) is 25.7 Å². The number of amides is 1. The van der Waals surface area contributed by atoms with Crippen molar-refractivity contribution >= 4 is 17.3 Å². The maximum atomic E-state index is 11.7. The van der Waals surface area contributed by atoms with Crippen molar-refractivity contribution in [3.63, 3.8) is 0 Å². The standard InChI is InChI=1S/C16H13N5O/c1-16(2)6-15(22)21-13-4-3-11(5-12(13)16)20-14(9-19)10(7-17)8-18/h3-5,20H,6H2,1-2H3,(H,21,22). The van der Waals surface area contributed by atoms with Crippen molar-refractivity contribution < 1.29 is 4.79 Å². The van der Waals surface area contributed by atoms with Gasteiger partial charge in [0.05, 0.1) is 0 Å². The second-order valence-electron chi connectivity index (χ2n) is 5.58.